The van der Waals surface area contributed by atoms with Crippen molar-refractivity contribution in [1.29, 1.82) is 0 Å². The van der Waals surface area contributed by atoms with E-state index in [4.69, 9.17) is 19.9 Å². The van der Waals surface area contributed by atoms with Gasteiger partial charge in [-0.3, -0.25) is 0 Å². The Morgan fingerprint density at radius 3 is 1.36 bits per heavy atom. The minimum Gasteiger partial charge on any atom is -0.307 e. The van der Waals surface area contributed by atoms with Crippen LogP contribution in [0.5, 0.6) is 0 Å². The normalized spacial score (nSPS) is 13.4. The third-order valence-corrected chi connectivity index (χ3v) is 21.7. The first-order chi connectivity index (χ1) is 50.1. The Hall–Kier alpha value is -13.3. The van der Waals surface area contributed by atoms with E-state index in [-0.39, 0.29) is 0 Å². The maximum Gasteiger partial charge on any atom is 0.160 e. The van der Waals surface area contributed by atoms with Crippen LogP contribution >= 0.6 is 0 Å². The Bertz CT molecular complexity index is 7160. The molecule has 1 atom stereocenters. The minimum absolute atomic E-state index is 0.292. The molecule has 1 aliphatic rings. The van der Waals surface area contributed by atoms with E-state index in [1.807, 2.05) is 24.4 Å². The second-order valence-electron chi connectivity index (χ2n) is 27.2. The zero-order chi connectivity index (χ0) is 66.1. The Labute approximate surface area is 578 Å². The highest BCUT2D eigenvalue weighted by atomic mass is 15.1. The Balaban J connectivity index is 0.964. The third kappa shape index (κ3) is 8.01. The summed E-state index contributed by atoms with van der Waals surface area (Å²) in [7, 11) is 0. The van der Waals surface area contributed by atoms with Crippen LogP contribution in [-0.2, 0) is 0 Å². The average molecular weight is 1290 g/mol. The van der Waals surface area contributed by atoms with Gasteiger partial charge in [0.2, 0.25) is 0 Å². The monoisotopic (exact) mass is 1290 g/mol. The molecule has 0 saturated carbocycles. The van der Waals surface area contributed by atoms with Gasteiger partial charge in [-0.15, -0.1) is 0 Å². The molecule has 0 bridgehead atoms. The smallest absolute Gasteiger partial charge is 0.160 e. The standard InChI is InChI=1S/C93H58N8/c1-55-23-22-40-71-65(55)45-46-75-77-48-47-76-73-43-41-56-24-14-16-34-66(56)84(73)98(61-30-10-4-11-31-61)88(76)89(77)101(86(71)75)64-52-60(93-95-80-54-94-92(59-28-8-3-9-29-59)97-83(80)82(96-93)58-26-6-2-7-27-58)51-63(53-64)100-85-67-35-17-15-25-57(67)42-44-74(85)78-49-50-79-81-70-38-20-18-36-68(70)69-37-19-21-39-72(69)87(81)99(91(79)90(78)100)62-32-12-5-13-33-62/h2-22,24-55H,23H2,1H3. The summed E-state index contributed by atoms with van der Waals surface area (Å²) in [5, 5.41) is 18.9. The minimum atomic E-state index is 0.292. The molecule has 0 aliphatic heterocycles. The molecular formula is C93H58N8. The molecule has 0 N–H and O–H groups in total. The zero-order valence-electron chi connectivity index (χ0n) is 54.9. The van der Waals surface area contributed by atoms with Crippen LogP contribution in [0.4, 0.5) is 0 Å². The summed E-state index contributed by atoms with van der Waals surface area (Å²) in [4.78, 5) is 21.9. The largest absolute Gasteiger partial charge is 0.307 e. The molecule has 0 fully saturated rings. The molecule has 0 radical (unpaired) electrons. The number of para-hydroxylation sites is 2. The SMILES string of the molecule is CC1CC=Cc2c1ccc1c3ccc4c5ccc6ccccc6c5n(-c5ccccc5)c4c3n(-c3cc(-c4nc(-c5ccccc5)c5nc(-c6ccccc6)ncc5n4)cc(-n4c5c6ccccc6ccc5c5ccc6c7c8ccccc8c8ccccc8c7n(-c7ccccc7)c6c54)c3)c21. The van der Waals surface area contributed by atoms with Crippen molar-refractivity contribution < 1.29 is 0 Å². The lowest BCUT2D eigenvalue weighted by molar-refractivity contribution is 0.773. The van der Waals surface area contributed by atoms with Crippen LogP contribution in [0.3, 0.4) is 0 Å². The van der Waals surface area contributed by atoms with Crippen molar-refractivity contribution in [2.45, 2.75) is 19.3 Å². The van der Waals surface area contributed by atoms with Gasteiger partial charge in [-0.05, 0) is 87.3 Å². The maximum absolute atomic E-state index is 5.81. The molecule has 22 rings (SSSR count). The molecule has 1 aliphatic carbocycles. The van der Waals surface area contributed by atoms with E-state index >= 15 is 0 Å². The Morgan fingerprint density at radius 2 is 0.743 bits per heavy atom. The van der Waals surface area contributed by atoms with Crippen LogP contribution in [0, 0.1) is 0 Å². The summed E-state index contributed by atoms with van der Waals surface area (Å²) >= 11 is 0. The van der Waals surface area contributed by atoms with Gasteiger partial charge in [0.25, 0.3) is 0 Å². The molecule has 21 aromatic rings. The van der Waals surface area contributed by atoms with Gasteiger partial charge < -0.3 is 18.3 Å². The molecule has 15 aromatic carbocycles. The van der Waals surface area contributed by atoms with Gasteiger partial charge in [0.05, 0.1) is 50.3 Å². The van der Waals surface area contributed by atoms with E-state index in [1.165, 1.54) is 81.4 Å². The number of fused-ring (bicyclic) bond motifs is 26. The molecule has 0 spiro atoms. The third-order valence-electron chi connectivity index (χ3n) is 21.7. The lowest BCUT2D eigenvalue weighted by Gasteiger charge is -2.21. The first kappa shape index (κ1) is 55.8. The maximum atomic E-state index is 5.81. The molecule has 6 aromatic heterocycles. The Kier molecular flexibility index (Phi) is 11.8. The predicted octanol–water partition coefficient (Wildman–Crippen LogP) is 23.9. The highest BCUT2D eigenvalue weighted by Crippen LogP contribution is 2.51. The van der Waals surface area contributed by atoms with E-state index in [9.17, 15) is 0 Å². The summed E-state index contributed by atoms with van der Waals surface area (Å²) < 4.78 is 10.3. The summed E-state index contributed by atoms with van der Waals surface area (Å²) in [5.41, 5.74) is 20.4. The van der Waals surface area contributed by atoms with Crippen molar-refractivity contribution in [3.8, 4) is 56.8 Å². The fraction of sp³-hybridized carbons (Fsp3) is 0.0323. The number of hydrogen-bond acceptors (Lipinski definition) is 4. The summed E-state index contributed by atoms with van der Waals surface area (Å²) in [6, 6.07) is 109. The second kappa shape index (κ2) is 21.3. The van der Waals surface area contributed by atoms with E-state index in [0.29, 0.717) is 28.6 Å². The molecule has 0 amide bonds. The van der Waals surface area contributed by atoms with Crippen molar-refractivity contribution in [2.24, 2.45) is 0 Å². The first-order valence-electron chi connectivity index (χ1n) is 34.8. The first-order valence-corrected chi connectivity index (χ1v) is 34.8. The molecule has 8 nitrogen and oxygen atoms in total. The van der Waals surface area contributed by atoms with Gasteiger partial charge in [-0.1, -0.05) is 274 Å². The number of rotatable bonds is 7. The predicted molar refractivity (Wildman–Crippen MR) is 421 cm³/mol. The molecule has 101 heavy (non-hydrogen) atoms. The number of nitrogens with zero attached hydrogens (tertiary/aromatic N) is 8. The quantitative estimate of drug-likeness (QED) is 0.149. The molecule has 8 heteroatoms. The van der Waals surface area contributed by atoms with Crippen LogP contribution in [0.15, 0.2) is 310 Å². The van der Waals surface area contributed by atoms with E-state index < -0.39 is 0 Å². The van der Waals surface area contributed by atoms with Crippen molar-refractivity contribution in [2.75, 3.05) is 0 Å². The highest BCUT2D eigenvalue weighted by Gasteiger charge is 2.30. The van der Waals surface area contributed by atoms with Crippen molar-refractivity contribution in [1.82, 2.24) is 38.2 Å². The van der Waals surface area contributed by atoms with Crippen LogP contribution in [-0.4, -0.2) is 38.2 Å². The highest BCUT2D eigenvalue weighted by molar-refractivity contribution is 6.36. The Morgan fingerprint density at radius 1 is 0.307 bits per heavy atom. The average Bonchev–Trinajstić information content (AvgIpc) is 1.53. The van der Waals surface area contributed by atoms with E-state index in [2.05, 4.69) is 316 Å². The number of hydrogen-bond donors (Lipinski definition) is 0. The van der Waals surface area contributed by atoms with Gasteiger partial charge in [-0.25, -0.2) is 19.9 Å². The van der Waals surface area contributed by atoms with Gasteiger partial charge in [0.15, 0.2) is 11.6 Å². The summed E-state index contributed by atoms with van der Waals surface area (Å²) in [5.74, 6) is 1.45. The van der Waals surface area contributed by atoms with Crippen molar-refractivity contribution in [3.05, 3.63) is 321 Å². The number of allylic oxidation sites excluding steroid dienone is 1. The van der Waals surface area contributed by atoms with Crippen molar-refractivity contribution >= 4 is 147 Å². The molecule has 6 heterocycles. The summed E-state index contributed by atoms with van der Waals surface area (Å²) in [6.45, 7) is 2.37. The van der Waals surface area contributed by atoms with Crippen LogP contribution in [0.2, 0.25) is 0 Å². The molecule has 470 valence electrons. The summed E-state index contributed by atoms with van der Waals surface area (Å²) in [6.07, 6.45) is 7.61. The van der Waals surface area contributed by atoms with Crippen molar-refractivity contribution in [3.63, 3.8) is 0 Å². The topological polar surface area (TPSA) is 71.3 Å². The van der Waals surface area contributed by atoms with Crippen LogP contribution < -0.4 is 0 Å². The van der Waals surface area contributed by atoms with E-state index in [1.54, 1.807) is 0 Å². The molecule has 0 saturated heterocycles. The lowest BCUT2D eigenvalue weighted by Crippen LogP contribution is -2.06. The van der Waals surface area contributed by atoms with Crippen LogP contribution in [0.25, 0.3) is 204 Å². The molecular weight excluding hydrogens is 1230 g/mol. The van der Waals surface area contributed by atoms with Gasteiger partial charge in [0, 0.05) is 104 Å². The lowest BCUT2D eigenvalue weighted by atomic mass is 9.87. The second-order valence-corrected chi connectivity index (χ2v) is 27.2. The van der Waals surface area contributed by atoms with Gasteiger partial charge in [-0.2, -0.15) is 0 Å². The fourth-order valence-electron chi connectivity index (χ4n) is 17.4. The number of benzene rings is 15. The van der Waals surface area contributed by atoms with Gasteiger partial charge in [0.1, 0.15) is 16.7 Å². The number of aromatic nitrogens is 8. The van der Waals surface area contributed by atoms with Crippen LogP contribution in [0.1, 0.15) is 30.4 Å². The van der Waals surface area contributed by atoms with E-state index in [0.717, 1.165) is 112 Å². The zero-order valence-corrected chi connectivity index (χ0v) is 54.9. The fourth-order valence-corrected chi connectivity index (χ4v) is 17.4. The molecule has 1 unspecified atom stereocenters. The van der Waals surface area contributed by atoms with Gasteiger partial charge >= 0.3 is 0 Å².